The van der Waals surface area contributed by atoms with Gasteiger partial charge in [0.05, 0.1) is 17.0 Å². The molecule has 1 aromatic heterocycles. The molecule has 154 valence electrons. The summed E-state index contributed by atoms with van der Waals surface area (Å²) in [6, 6.07) is 11.9. The topological polar surface area (TPSA) is 109 Å². The predicted molar refractivity (Wildman–Crippen MR) is 114 cm³/mol. The van der Waals surface area contributed by atoms with Gasteiger partial charge in [0, 0.05) is 31.2 Å². The van der Waals surface area contributed by atoms with E-state index >= 15 is 0 Å². The van der Waals surface area contributed by atoms with E-state index in [0.717, 1.165) is 14.9 Å². The van der Waals surface area contributed by atoms with Gasteiger partial charge in [-0.05, 0) is 42.7 Å². The van der Waals surface area contributed by atoms with Crippen LogP contribution in [0.4, 0.5) is 10.5 Å². The fourth-order valence-electron chi connectivity index (χ4n) is 2.64. The second-order valence-electron chi connectivity index (χ2n) is 6.36. The van der Waals surface area contributed by atoms with Gasteiger partial charge in [-0.1, -0.05) is 11.3 Å². The number of hydrogen-bond donors (Lipinski definition) is 2. The van der Waals surface area contributed by atoms with Crippen LogP contribution in [0.15, 0.2) is 52.3 Å². The molecule has 0 aliphatic carbocycles. The summed E-state index contributed by atoms with van der Waals surface area (Å²) >= 11 is 1.60. The highest BCUT2D eigenvalue weighted by Crippen LogP contribution is 2.20. The maximum absolute atomic E-state index is 12.2. The summed E-state index contributed by atoms with van der Waals surface area (Å²) in [7, 11) is -0.579. The largest absolute Gasteiger partial charge is 0.336 e. The molecule has 0 aliphatic heterocycles. The Kier molecular flexibility index (Phi) is 6.40. The highest BCUT2D eigenvalue weighted by molar-refractivity contribution is 7.98. The first-order chi connectivity index (χ1) is 13.8. The first-order valence-corrected chi connectivity index (χ1v) is 11.4. The van der Waals surface area contributed by atoms with Gasteiger partial charge in [-0.25, -0.2) is 22.2 Å². The normalized spacial score (nSPS) is 11.7. The third-order valence-corrected chi connectivity index (χ3v) is 6.74. The van der Waals surface area contributed by atoms with Gasteiger partial charge >= 0.3 is 6.03 Å². The Morgan fingerprint density at radius 1 is 1.21 bits per heavy atom. The lowest BCUT2D eigenvalue weighted by Crippen LogP contribution is -2.31. The Hall–Kier alpha value is -2.63. The molecule has 3 rings (SSSR count). The Balaban J connectivity index is 1.61. The second kappa shape index (κ2) is 8.80. The monoisotopic (exact) mass is 434 g/mol. The smallest absolute Gasteiger partial charge is 0.319 e. The fraction of sp³-hybridized carbons (Fsp3) is 0.278. The molecule has 9 nitrogen and oxygen atoms in total. The maximum atomic E-state index is 12.2. The molecule has 0 unspecified atom stereocenters. The minimum absolute atomic E-state index is 0.159. The molecule has 29 heavy (non-hydrogen) atoms. The van der Waals surface area contributed by atoms with E-state index in [-0.39, 0.29) is 10.9 Å². The summed E-state index contributed by atoms with van der Waals surface area (Å²) < 4.78 is 27.2. The maximum Gasteiger partial charge on any atom is 0.319 e. The van der Waals surface area contributed by atoms with Gasteiger partial charge in [-0.3, -0.25) is 0 Å². The summed E-state index contributed by atoms with van der Waals surface area (Å²) in [5.74, 6) is 0. The molecule has 0 saturated carbocycles. The summed E-state index contributed by atoms with van der Waals surface area (Å²) in [5, 5.41) is 13.6. The zero-order valence-electron chi connectivity index (χ0n) is 16.3. The summed E-state index contributed by atoms with van der Waals surface area (Å²) in [5.41, 5.74) is 1.89. The molecule has 0 bridgehead atoms. The number of aromatic nitrogens is 3. The molecule has 11 heteroatoms. The number of carbonyl (C=O) groups is 1. The Morgan fingerprint density at radius 2 is 2.00 bits per heavy atom. The Morgan fingerprint density at radius 3 is 2.72 bits per heavy atom. The number of thioether (sulfide) groups is 1. The summed E-state index contributed by atoms with van der Waals surface area (Å²) in [6.07, 6.45) is 1.97. The van der Waals surface area contributed by atoms with Crippen molar-refractivity contribution in [2.75, 3.05) is 32.2 Å². The number of carbonyl (C=O) groups excluding carboxylic acids is 1. The van der Waals surface area contributed by atoms with Crippen molar-refractivity contribution in [1.29, 1.82) is 0 Å². The van der Waals surface area contributed by atoms with Crippen LogP contribution in [0.1, 0.15) is 0 Å². The molecule has 0 spiro atoms. The van der Waals surface area contributed by atoms with E-state index in [9.17, 15) is 13.2 Å². The number of amides is 2. The summed E-state index contributed by atoms with van der Waals surface area (Å²) in [4.78, 5) is 13.3. The first-order valence-electron chi connectivity index (χ1n) is 8.76. The standard InChI is InChI=1S/C18H22N6O3S2/c1-23(2)29(26,27)15-7-8-17-16(12-15)21-22-24(17)10-9-19-18(25)20-13-5-4-6-14(11-13)28-3/h4-8,11-12H,9-10H2,1-3H3,(H2,19,20,25). The molecule has 2 aromatic carbocycles. The van der Waals surface area contributed by atoms with Gasteiger partial charge in [0.15, 0.2) is 0 Å². The fourth-order valence-corrected chi connectivity index (χ4v) is 4.02. The van der Waals surface area contributed by atoms with E-state index in [4.69, 9.17) is 0 Å². The number of anilines is 1. The van der Waals surface area contributed by atoms with Gasteiger partial charge in [-0.2, -0.15) is 0 Å². The third-order valence-electron chi connectivity index (χ3n) is 4.20. The van der Waals surface area contributed by atoms with Crippen molar-refractivity contribution in [2.24, 2.45) is 0 Å². The van der Waals surface area contributed by atoms with Gasteiger partial charge < -0.3 is 10.6 Å². The van der Waals surface area contributed by atoms with Crippen molar-refractivity contribution in [3.8, 4) is 0 Å². The molecule has 2 amide bonds. The molecule has 3 aromatic rings. The number of nitrogens with zero attached hydrogens (tertiary/aromatic N) is 4. The van der Waals surface area contributed by atoms with Crippen molar-refractivity contribution in [2.45, 2.75) is 16.3 Å². The number of rotatable bonds is 7. The quantitative estimate of drug-likeness (QED) is 0.552. The number of fused-ring (bicyclic) bond motifs is 1. The van der Waals surface area contributed by atoms with E-state index in [1.54, 1.807) is 22.5 Å². The van der Waals surface area contributed by atoms with Crippen LogP contribution >= 0.6 is 11.8 Å². The van der Waals surface area contributed by atoms with E-state index in [0.29, 0.717) is 24.1 Å². The van der Waals surface area contributed by atoms with Gasteiger partial charge in [0.1, 0.15) is 5.52 Å². The lowest BCUT2D eigenvalue weighted by Gasteiger charge is -2.11. The van der Waals surface area contributed by atoms with Crippen molar-refractivity contribution in [3.63, 3.8) is 0 Å². The lowest BCUT2D eigenvalue weighted by atomic mass is 10.3. The predicted octanol–water partition coefficient (Wildman–Crippen LogP) is 2.23. The van der Waals surface area contributed by atoms with Crippen LogP contribution < -0.4 is 10.6 Å². The number of nitrogens with one attached hydrogen (secondary N) is 2. The number of sulfonamides is 1. The Labute approximate surface area is 173 Å². The Bertz CT molecular complexity index is 1130. The van der Waals surface area contributed by atoms with Crippen molar-refractivity contribution in [1.82, 2.24) is 24.6 Å². The minimum atomic E-state index is -3.53. The van der Waals surface area contributed by atoms with E-state index in [2.05, 4.69) is 20.9 Å². The zero-order chi connectivity index (χ0) is 21.0. The average molecular weight is 435 g/mol. The molecular formula is C18H22N6O3S2. The van der Waals surface area contributed by atoms with Gasteiger partial charge in [-0.15, -0.1) is 16.9 Å². The first kappa shape index (κ1) is 21.1. The molecule has 1 heterocycles. The van der Waals surface area contributed by atoms with Crippen LogP contribution in [0, 0.1) is 0 Å². The van der Waals surface area contributed by atoms with Crippen LogP contribution in [-0.4, -0.2) is 60.6 Å². The van der Waals surface area contributed by atoms with Crippen molar-refractivity contribution < 1.29 is 13.2 Å². The highest BCUT2D eigenvalue weighted by Gasteiger charge is 2.18. The van der Waals surface area contributed by atoms with Crippen LogP contribution in [0.25, 0.3) is 11.0 Å². The zero-order valence-corrected chi connectivity index (χ0v) is 17.9. The van der Waals surface area contributed by atoms with Crippen molar-refractivity contribution in [3.05, 3.63) is 42.5 Å². The molecule has 0 saturated heterocycles. The second-order valence-corrected chi connectivity index (χ2v) is 9.39. The van der Waals surface area contributed by atoms with Crippen molar-refractivity contribution >= 4 is 44.5 Å². The molecular weight excluding hydrogens is 412 g/mol. The van der Waals surface area contributed by atoms with Crippen LogP contribution in [0.3, 0.4) is 0 Å². The van der Waals surface area contributed by atoms with Crippen LogP contribution in [0.2, 0.25) is 0 Å². The van der Waals surface area contributed by atoms with E-state index in [1.165, 1.54) is 26.2 Å². The minimum Gasteiger partial charge on any atom is -0.336 e. The van der Waals surface area contributed by atoms with E-state index in [1.807, 2.05) is 30.5 Å². The van der Waals surface area contributed by atoms with Gasteiger partial charge in [0.2, 0.25) is 10.0 Å². The van der Waals surface area contributed by atoms with Gasteiger partial charge in [0.25, 0.3) is 0 Å². The lowest BCUT2D eigenvalue weighted by molar-refractivity contribution is 0.251. The number of benzene rings is 2. The number of urea groups is 1. The third kappa shape index (κ3) is 4.86. The van der Waals surface area contributed by atoms with Crippen LogP contribution in [0.5, 0.6) is 0 Å². The average Bonchev–Trinajstić information content (AvgIpc) is 3.10. The molecule has 0 fully saturated rings. The molecule has 0 radical (unpaired) electrons. The van der Waals surface area contributed by atoms with Crippen LogP contribution in [-0.2, 0) is 16.6 Å². The number of hydrogen-bond acceptors (Lipinski definition) is 6. The SMILES string of the molecule is CSc1cccc(NC(=O)NCCn2nnc3cc(S(=O)(=O)N(C)C)ccc32)c1. The molecule has 0 atom stereocenters. The van der Waals surface area contributed by atoms with E-state index < -0.39 is 10.0 Å². The highest BCUT2D eigenvalue weighted by atomic mass is 32.2. The molecule has 2 N–H and O–H groups in total. The molecule has 0 aliphatic rings. The summed E-state index contributed by atoms with van der Waals surface area (Å²) in [6.45, 7) is 0.735.